The molecule has 3 nitrogen and oxygen atoms in total. The van der Waals surface area contributed by atoms with E-state index < -0.39 is 0 Å². The van der Waals surface area contributed by atoms with Crippen molar-refractivity contribution < 1.29 is 9.53 Å². The van der Waals surface area contributed by atoms with Crippen molar-refractivity contribution in [1.29, 1.82) is 0 Å². The summed E-state index contributed by atoms with van der Waals surface area (Å²) in [7, 11) is 1.41. The molecule has 0 bridgehead atoms. The lowest BCUT2D eigenvalue weighted by Gasteiger charge is -2.46. The molecule has 1 saturated carbocycles. The van der Waals surface area contributed by atoms with E-state index in [0.29, 0.717) is 12.1 Å². The number of carbonyl (C=O) groups is 1. The maximum absolute atomic E-state index is 11.9. The van der Waals surface area contributed by atoms with E-state index in [4.69, 9.17) is 4.74 Å². The summed E-state index contributed by atoms with van der Waals surface area (Å²) >= 11 is 0. The van der Waals surface area contributed by atoms with E-state index >= 15 is 0 Å². The van der Waals surface area contributed by atoms with Crippen LogP contribution in [0.2, 0.25) is 0 Å². The lowest BCUT2D eigenvalue weighted by atomic mass is 9.77. The molecule has 0 spiro atoms. The molecule has 0 aromatic heterocycles. The first-order valence-corrected chi connectivity index (χ1v) is 8.77. The molecule has 1 fully saturated rings. The molecule has 0 unspecified atom stereocenters. The van der Waals surface area contributed by atoms with Crippen LogP contribution in [0, 0.1) is 0 Å². The molecule has 1 aliphatic rings. The third-order valence-corrected chi connectivity index (χ3v) is 5.05. The zero-order valence-corrected chi connectivity index (χ0v) is 14.8. The first-order valence-electron chi connectivity index (χ1n) is 8.77. The van der Waals surface area contributed by atoms with Crippen LogP contribution in [0.25, 0.3) is 0 Å². The predicted molar refractivity (Wildman–Crippen MR) is 98.6 cm³/mol. The number of esters is 1. The molecule has 0 N–H and O–H groups in total. The van der Waals surface area contributed by atoms with Crippen LogP contribution >= 0.6 is 0 Å². The summed E-state index contributed by atoms with van der Waals surface area (Å²) < 4.78 is 4.86. The Morgan fingerprint density at radius 3 is 2.50 bits per heavy atom. The number of benzene rings is 1. The zero-order valence-electron chi connectivity index (χ0n) is 14.8. The summed E-state index contributed by atoms with van der Waals surface area (Å²) in [5.41, 5.74) is 1.83. The minimum absolute atomic E-state index is 0.0623. The Bertz CT molecular complexity index is 558. The van der Waals surface area contributed by atoms with Crippen LogP contribution in [0.15, 0.2) is 55.1 Å². The van der Waals surface area contributed by atoms with Crippen molar-refractivity contribution in [3.05, 3.63) is 60.7 Å². The van der Waals surface area contributed by atoms with E-state index in [2.05, 4.69) is 42.3 Å². The molecule has 1 aromatic carbocycles. The normalized spacial score (nSPS) is 16.6. The van der Waals surface area contributed by atoms with Gasteiger partial charge in [-0.2, -0.15) is 0 Å². The van der Waals surface area contributed by atoms with Crippen molar-refractivity contribution >= 4 is 5.97 Å². The second-order valence-electron chi connectivity index (χ2n) is 6.71. The first kappa shape index (κ1) is 18.5. The number of methoxy groups -OCH3 is 1. The van der Waals surface area contributed by atoms with E-state index in [1.807, 2.05) is 12.1 Å². The average Bonchev–Trinajstić information content (AvgIpc) is 2.62. The Labute approximate surface area is 146 Å². The number of nitrogens with zero attached hydrogens (tertiary/aromatic N) is 1. The van der Waals surface area contributed by atoms with E-state index in [0.717, 1.165) is 25.8 Å². The lowest BCUT2D eigenvalue weighted by molar-refractivity contribution is -0.136. The van der Waals surface area contributed by atoms with Gasteiger partial charge in [-0.15, -0.1) is 6.58 Å². The summed E-state index contributed by atoms with van der Waals surface area (Å²) in [6, 6.07) is 10.4. The van der Waals surface area contributed by atoms with Crippen molar-refractivity contribution in [2.45, 2.75) is 50.6 Å². The highest BCUT2D eigenvalue weighted by Crippen LogP contribution is 2.38. The van der Waals surface area contributed by atoms with Crippen molar-refractivity contribution in [1.82, 2.24) is 4.90 Å². The van der Waals surface area contributed by atoms with Crippen LogP contribution in [0.1, 0.15) is 44.1 Å². The van der Waals surface area contributed by atoms with Gasteiger partial charge in [0, 0.05) is 24.2 Å². The molecule has 130 valence electrons. The Hall–Kier alpha value is -1.87. The second kappa shape index (κ2) is 8.84. The summed E-state index contributed by atoms with van der Waals surface area (Å²) in [6.07, 6.45) is 8.97. The van der Waals surface area contributed by atoms with Gasteiger partial charge in [-0.25, -0.2) is 4.79 Å². The molecule has 0 atom stereocenters. The summed E-state index contributed by atoms with van der Waals surface area (Å²) in [5.74, 6) is -0.322. The minimum Gasteiger partial charge on any atom is -0.466 e. The molecular weight excluding hydrogens is 298 g/mol. The van der Waals surface area contributed by atoms with Gasteiger partial charge in [0.25, 0.3) is 0 Å². The molecule has 0 heterocycles. The van der Waals surface area contributed by atoms with Crippen molar-refractivity contribution in [2.24, 2.45) is 0 Å². The fourth-order valence-electron chi connectivity index (χ4n) is 3.76. The molecule has 3 heteroatoms. The molecule has 0 amide bonds. The molecule has 0 saturated heterocycles. The third-order valence-electron chi connectivity index (χ3n) is 5.05. The number of hydrogen-bond donors (Lipinski definition) is 0. The molecule has 24 heavy (non-hydrogen) atoms. The standard InChI is InChI=1S/C21H29NO2/c1-4-13-21(14-9-6-10-15-21)22(16-18(2)20(23)24-3)17-19-11-7-5-8-12-19/h4-5,7-8,11-12H,1-2,6,9-10,13-17H2,3H3. The van der Waals surface area contributed by atoms with Crippen LogP contribution in [0.3, 0.4) is 0 Å². The average molecular weight is 327 g/mol. The molecule has 1 aliphatic carbocycles. The van der Waals surface area contributed by atoms with Crippen LogP contribution in [0.4, 0.5) is 0 Å². The van der Waals surface area contributed by atoms with Crippen LogP contribution < -0.4 is 0 Å². The smallest absolute Gasteiger partial charge is 0.334 e. The maximum atomic E-state index is 11.9. The van der Waals surface area contributed by atoms with Gasteiger partial charge in [-0.3, -0.25) is 4.90 Å². The van der Waals surface area contributed by atoms with Crippen molar-refractivity contribution in [2.75, 3.05) is 13.7 Å². The van der Waals surface area contributed by atoms with Gasteiger partial charge < -0.3 is 4.74 Å². The highest BCUT2D eigenvalue weighted by Gasteiger charge is 2.37. The highest BCUT2D eigenvalue weighted by atomic mass is 16.5. The van der Waals surface area contributed by atoms with Crippen molar-refractivity contribution in [3.8, 4) is 0 Å². The SMILES string of the molecule is C=CCC1(N(CC(=C)C(=O)OC)Cc2ccccc2)CCCCC1. The van der Waals surface area contributed by atoms with Gasteiger partial charge >= 0.3 is 5.97 Å². The van der Waals surface area contributed by atoms with Gasteiger partial charge in [-0.1, -0.05) is 62.2 Å². The largest absolute Gasteiger partial charge is 0.466 e. The molecular formula is C21H29NO2. The number of rotatable bonds is 8. The second-order valence-corrected chi connectivity index (χ2v) is 6.71. The number of ether oxygens (including phenoxy) is 1. The summed E-state index contributed by atoms with van der Waals surface area (Å²) in [6.45, 7) is 9.28. The fourth-order valence-corrected chi connectivity index (χ4v) is 3.76. The van der Waals surface area contributed by atoms with Crippen LogP contribution in [0.5, 0.6) is 0 Å². The molecule has 0 radical (unpaired) electrons. The lowest BCUT2D eigenvalue weighted by Crippen LogP contribution is -2.50. The molecule has 2 rings (SSSR count). The monoisotopic (exact) mass is 327 g/mol. The molecule has 1 aromatic rings. The van der Waals surface area contributed by atoms with E-state index in [1.165, 1.54) is 31.9 Å². The number of hydrogen-bond acceptors (Lipinski definition) is 3. The highest BCUT2D eigenvalue weighted by molar-refractivity contribution is 5.88. The van der Waals surface area contributed by atoms with Gasteiger partial charge in [0.05, 0.1) is 7.11 Å². The topological polar surface area (TPSA) is 29.5 Å². The Balaban J connectivity index is 2.27. The predicted octanol–water partition coefficient (Wildman–Crippen LogP) is 4.50. The summed E-state index contributed by atoms with van der Waals surface area (Å²) in [5, 5.41) is 0. The maximum Gasteiger partial charge on any atom is 0.334 e. The quantitative estimate of drug-likeness (QED) is 0.400. The van der Waals surface area contributed by atoms with Gasteiger partial charge in [0.1, 0.15) is 0 Å². The van der Waals surface area contributed by atoms with Gasteiger partial charge in [0.2, 0.25) is 0 Å². The van der Waals surface area contributed by atoms with Crippen molar-refractivity contribution in [3.63, 3.8) is 0 Å². The Kier molecular flexibility index (Phi) is 6.80. The van der Waals surface area contributed by atoms with E-state index in [9.17, 15) is 4.79 Å². The minimum atomic E-state index is -0.322. The fraction of sp³-hybridized carbons (Fsp3) is 0.476. The first-order chi connectivity index (χ1) is 11.6. The van der Waals surface area contributed by atoms with Gasteiger partial charge in [-0.05, 0) is 24.8 Å². The van der Waals surface area contributed by atoms with E-state index in [1.54, 1.807) is 0 Å². The third kappa shape index (κ3) is 4.57. The number of carbonyl (C=O) groups excluding carboxylic acids is 1. The zero-order chi connectivity index (χ0) is 17.4. The van der Waals surface area contributed by atoms with Crippen LogP contribution in [-0.2, 0) is 16.1 Å². The molecule has 0 aliphatic heterocycles. The Morgan fingerprint density at radius 2 is 1.92 bits per heavy atom. The van der Waals surface area contributed by atoms with E-state index in [-0.39, 0.29) is 11.5 Å². The van der Waals surface area contributed by atoms with Crippen LogP contribution in [-0.4, -0.2) is 30.1 Å². The van der Waals surface area contributed by atoms with Gasteiger partial charge in [0.15, 0.2) is 0 Å². The Morgan fingerprint density at radius 1 is 1.25 bits per heavy atom. The summed E-state index contributed by atoms with van der Waals surface area (Å²) in [4.78, 5) is 14.3.